The van der Waals surface area contributed by atoms with E-state index < -0.39 is 4.92 Å². The molecule has 21 heavy (non-hydrogen) atoms. The Morgan fingerprint density at radius 1 is 1.52 bits per heavy atom. The van der Waals surface area contributed by atoms with Crippen LogP contribution in [0.5, 0.6) is 5.75 Å². The Bertz CT molecular complexity index is 532. The Morgan fingerprint density at radius 2 is 2.33 bits per heavy atom. The van der Waals surface area contributed by atoms with E-state index in [1.807, 2.05) is 0 Å². The van der Waals surface area contributed by atoms with Crippen molar-refractivity contribution in [3.8, 4) is 5.75 Å². The molecule has 1 atom stereocenters. The number of nitro groups is 1. The standard InChI is InChI=1S/C13H17N3O4S/c17-12-4-3-10(16(18)19)6-9(12)7-14-13(21)15-8-11-2-1-5-20-11/h3-4,6,11,17H,1-2,5,7-8H2,(H2,14,15,21)/t11-/m1/s1. The van der Waals surface area contributed by atoms with E-state index in [0.29, 0.717) is 17.2 Å². The van der Waals surface area contributed by atoms with Gasteiger partial charge in [0, 0.05) is 37.4 Å². The van der Waals surface area contributed by atoms with Gasteiger partial charge in [-0.2, -0.15) is 0 Å². The van der Waals surface area contributed by atoms with E-state index in [-0.39, 0.29) is 24.1 Å². The quantitative estimate of drug-likeness (QED) is 0.430. The molecule has 114 valence electrons. The molecule has 0 saturated carbocycles. The molecule has 3 N–H and O–H groups in total. The fraction of sp³-hybridized carbons (Fsp3) is 0.462. The van der Waals surface area contributed by atoms with Gasteiger partial charge < -0.3 is 20.5 Å². The van der Waals surface area contributed by atoms with Gasteiger partial charge in [-0.3, -0.25) is 10.1 Å². The van der Waals surface area contributed by atoms with E-state index in [0.717, 1.165) is 19.4 Å². The van der Waals surface area contributed by atoms with E-state index >= 15 is 0 Å². The van der Waals surface area contributed by atoms with Gasteiger partial charge in [-0.1, -0.05) is 0 Å². The van der Waals surface area contributed by atoms with Crippen molar-refractivity contribution < 1.29 is 14.8 Å². The Balaban J connectivity index is 1.82. The molecule has 1 aromatic carbocycles. The summed E-state index contributed by atoms with van der Waals surface area (Å²) in [6, 6.07) is 3.88. The number of nitrogens with zero attached hydrogens (tertiary/aromatic N) is 1. The summed E-state index contributed by atoms with van der Waals surface area (Å²) in [7, 11) is 0. The molecule has 0 bridgehead atoms. The summed E-state index contributed by atoms with van der Waals surface area (Å²) in [5, 5.41) is 26.8. The maximum Gasteiger partial charge on any atom is 0.270 e. The van der Waals surface area contributed by atoms with Gasteiger partial charge in [0.15, 0.2) is 5.11 Å². The molecule has 1 heterocycles. The summed E-state index contributed by atoms with van der Waals surface area (Å²) in [6.07, 6.45) is 2.26. The third kappa shape index (κ3) is 4.54. The number of thiocarbonyl (C=S) groups is 1. The highest BCUT2D eigenvalue weighted by atomic mass is 32.1. The summed E-state index contributed by atoms with van der Waals surface area (Å²) >= 11 is 5.12. The zero-order valence-electron chi connectivity index (χ0n) is 11.4. The van der Waals surface area contributed by atoms with E-state index in [4.69, 9.17) is 17.0 Å². The van der Waals surface area contributed by atoms with Crippen molar-refractivity contribution in [2.75, 3.05) is 13.2 Å². The lowest BCUT2D eigenvalue weighted by Gasteiger charge is -2.14. The summed E-state index contributed by atoms with van der Waals surface area (Å²) < 4.78 is 5.46. The van der Waals surface area contributed by atoms with E-state index in [1.165, 1.54) is 18.2 Å². The van der Waals surface area contributed by atoms with Gasteiger partial charge >= 0.3 is 0 Å². The maximum atomic E-state index is 10.7. The number of phenols is 1. The van der Waals surface area contributed by atoms with Crippen LogP contribution in [0.1, 0.15) is 18.4 Å². The van der Waals surface area contributed by atoms with Crippen LogP contribution in [0.25, 0.3) is 0 Å². The number of non-ortho nitro benzene ring substituents is 1. The molecule has 0 spiro atoms. The second-order valence-corrected chi connectivity index (χ2v) is 5.18. The Labute approximate surface area is 127 Å². The van der Waals surface area contributed by atoms with Crippen LogP contribution in [0.4, 0.5) is 5.69 Å². The predicted octanol–water partition coefficient (Wildman–Crippen LogP) is 1.44. The first-order chi connectivity index (χ1) is 10.1. The maximum absolute atomic E-state index is 10.7. The number of benzene rings is 1. The van der Waals surface area contributed by atoms with Gasteiger partial charge in [0.2, 0.25) is 0 Å². The number of hydrogen-bond acceptors (Lipinski definition) is 5. The van der Waals surface area contributed by atoms with Crippen LogP contribution in [-0.2, 0) is 11.3 Å². The Hall–Kier alpha value is -1.93. The number of ether oxygens (including phenoxy) is 1. The minimum atomic E-state index is -0.503. The smallest absolute Gasteiger partial charge is 0.270 e. The van der Waals surface area contributed by atoms with Gasteiger partial charge in [-0.05, 0) is 31.1 Å². The third-order valence-electron chi connectivity index (χ3n) is 3.23. The van der Waals surface area contributed by atoms with Crippen molar-refractivity contribution in [3.63, 3.8) is 0 Å². The minimum absolute atomic E-state index is 0.00461. The summed E-state index contributed by atoms with van der Waals surface area (Å²) in [5.74, 6) is -0.00461. The molecular formula is C13H17N3O4S. The second-order valence-electron chi connectivity index (χ2n) is 4.77. The van der Waals surface area contributed by atoms with Crippen LogP contribution in [0.3, 0.4) is 0 Å². The molecule has 1 aliphatic rings. The van der Waals surface area contributed by atoms with E-state index in [1.54, 1.807) is 0 Å². The Kier molecular flexibility index (Phi) is 5.29. The monoisotopic (exact) mass is 311 g/mol. The van der Waals surface area contributed by atoms with Crippen molar-refractivity contribution in [1.82, 2.24) is 10.6 Å². The molecule has 1 aromatic rings. The lowest BCUT2D eigenvalue weighted by atomic mass is 10.2. The largest absolute Gasteiger partial charge is 0.508 e. The first-order valence-corrected chi connectivity index (χ1v) is 7.06. The first kappa shape index (κ1) is 15.5. The van der Waals surface area contributed by atoms with E-state index in [9.17, 15) is 15.2 Å². The molecule has 8 heteroatoms. The molecule has 1 saturated heterocycles. The van der Waals surface area contributed by atoms with E-state index in [2.05, 4.69) is 10.6 Å². The van der Waals surface area contributed by atoms with Gasteiger partial charge in [-0.15, -0.1) is 0 Å². The summed E-state index contributed by atoms with van der Waals surface area (Å²) in [6.45, 7) is 1.63. The predicted molar refractivity (Wildman–Crippen MR) is 81.2 cm³/mol. The molecule has 0 aromatic heterocycles. The number of rotatable bonds is 5. The summed E-state index contributed by atoms with van der Waals surface area (Å²) in [5.41, 5.74) is 0.355. The van der Waals surface area contributed by atoms with Crippen LogP contribution in [0.15, 0.2) is 18.2 Å². The third-order valence-corrected chi connectivity index (χ3v) is 3.52. The minimum Gasteiger partial charge on any atom is -0.508 e. The highest BCUT2D eigenvalue weighted by Crippen LogP contribution is 2.22. The van der Waals surface area contributed by atoms with Crippen LogP contribution >= 0.6 is 12.2 Å². The lowest BCUT2D eigenvalue weighted by molar-refractivity contribution is -0.384. The molecule has 7 nitrogen and oxygen atoms in total. The van der Waals surface area contributed by atoms with Crippen LogP contribution in [0, 0.1) is 10.1 Å². The molecule has 0 amide bonds. The molecule has 1 fully saturated rings. The highest BCUT2D eigenvalue weighted by Gasteiger charge is 2.15. The van der Waals surface area contributed by atoms with Crippen molar-refractivity contribution in [1.29, 1.82) is 0 Å². The fourth-order valence-electron chi connectivity index (χ4n) is 2.08. The molecule has 0 unspecified atom stereocenters. The normalized spacial score (nSPS) is 17.4. The SMILES string of the molecule is O=[N+]([O-])c1ccc(O)c(CNC(=S)NC[C@H]2CCCO2)c1. The van der Waals surface area contributed by atoms with Gasteiger partial charge in [0.05, 0.1) is 11.0 Å². The second kappa shape index (κ2) is 7.19. The number of hydrogen-bond donors (Lipinski definition) is 3. The average Bonchev–Trinajstić information content (AvgIpc) is 2.97. The van der Waals surface area contributed by atoms with Gasteiger partial charge in [0.25, 0.3) is 5.69 Å². The molecule has 2 rings (SSSR count). The average molecular weight is 311 g/mol. The summed E-state index contributed by atoms with van der Waals surface area (Å²) in [4.78, 5) is 10.2. The molecule has 0 radical (unpaired) electrons. The topological polar surface area (TPSA) is 96.7 Å². The van der Waals surface area contributed by atoms with Crippen LogP contribution < -0.4 is 10.6 Å². The van der Waals surface area contributed by atoms with Crippen molar-refractivity contribution >= 4 is 23.0 Å². The van der Waals surface area contributed by atoms with Crippen LogP contribution in [0.2, 0.25) is 0 Å². The highest BCUT2D eigenvalue weighted by molar-refractivity contribution is 7.80. The lowest BCUT2D eigenvalue weighted by Crippen LogP contribution is -2.39. The van der Waals surface area contributed by atoms with Crippen molar-refractivity contribution in [2.24, 2.45) is 0 Å². The number of nitro benzene ring substituents is 1. The van der Waals surface area contributed by atoms with Crippen LogP contribution in [-0.4, -0.2) is 34.4 Å². The van der Waals surface area contributed by atoms with Crippen molar-refractivity contribution in [2.45, 2.75) is 25.5 Å². The zero-order valence-corrected chi connectivity index (χ0v) is 12.2. The fourth-order valence-corrected chi connectivity index (χ4v) is 2.23. The number of aromatic hydroxyl groups is 1. The molecular weight excluding hydrogens is 294 g/mol. The first-order valence-electron chi connectivity index (χ1n) is 6.66. The number of phenolic OH excluding ortho intramolecular Hbond substituents is 1. The zero-order chi connectivity index (χ0) is 15.2. The Morgan fingerprint density at radius 3 is 3.00 bits per heavy atom. The van der Waals surface area contributed by atoms with Crippen molar-refractivity contribution in [3.05, 3.63) is 33.9 Å². The van der Waals surface area contributed by atoms with Gasteiger partial charge in [-0.25, -0.2) is 0 Å². The molecule has 1 aliphatic heterocycles. The number of nitrogens with one attached hydrogen (secondary N) is 2. The van der Waals surface area contributed by atoms with Gasteiger partial charge in [0.1, 0.15) is 5.75 Å². The molecule has 0 aliphatic carbocycles.